The van der Waals surface area contributed by atoms with Crippen LogP contribution in [0.1, 0.15) is 18.4 Å². The summed E-state index contributed by atoms with van der Waals surface area (Å²) in [6.07, 6.45) is 1.47. The molecule has 27 heavy (non-hydrogen) atoms. The first-order valence-corrected chi connectivity index (χ1v) is 8.41. The molecule has 1 aromatic carbocycles. The van der Waals surface area contributed by atoms with Crippen molar-refractivity contribution in [2.75, 3.05) is 41.0 Å². The predicted molar refractivity (Wildman–Crippen MR) is 102 cm³/mol. The van der Waals surface area contributed by atoms with E-state index in [4.69, 9.17) is 14.2 Å². The molecular formula is C17H26ClN3O6. The minimum Gasteiger partial charge on any atom is -0.493 e. The van der Waals surface area contributed by atoms with Gasteiger partial charge in [-0.25, -0.2) is 0 Å². The van der Waals surface area contributed by atoms with Crippen LogP contribution in [-0.4, -0.2) is 57.4 Å². The van der Waals surface area contributed by atoms with Crippen molar-refractivity contribution in [2.45, 2.75) is 24.9 Å². The first-order valence-electron chi connectivity index (χ1n) is 8.41. The summed E-state index contributed by atoms with van der Waals surface area (Å²) in [5.41, 5.74) is -0.445. The van der Waals surface area contributed by atoms with Gasteiger partial charge in [-0.3, -0.25) is 14.9 Å². The summed E-state index contributed by atoms with van der Waals surface area (Å²) in [7, 11) is 4.42. The van der Waals surface area contributed by atoms with Gasteiger partial charge in [0.25, 0.3) is 11.6 Å². The number of nitro groups is 1. The van der Waals surface area contributed by atoms with Crippen LogP contribution in [-0.2, 0) is 16.0 Å². The minimum absolute atomic E-state index is 0. The molecule has 152 valence electrons. The number of benzene rings is 1. The third kappa shape index (κ3) is 5.21. The standard InChI is InChI=1S/C17H25N3O6.ClH/c1-24-14-10-12(13(20(22)23)11-15(14)25-2)4-7-19-16(21)17(26-3)5-8-18-9-6-17;/h10-11,18H,4-9H2,1-3H3,(H,19,21);1H. The molecule has 1 aromatic rings. The monoisotopic (exact) mass is 403 g/mol. The van der Waals surface area contributed by atoms with Gasteiger partial charge in [-0.2, -0.15) is 0 Å². The van der Waals surface area contributed by atoms with Gasteiger partial charge in [-0.05, 0) is 38.4 Å². The number of rotatable bonds is 8. The van der Waals surface area contributed by atoms with Gasteiger partial charge >= 0.3 is 0 Å². The van der Waals surface area contributed by atoms with E-state index in [0.29, 0.717) is 49.4 Å². The Balaban J connectivity index is 0.00000364. The quantitative estimate of drug-likeness (QED) is 0.499. The molecule has 0 atom stereocenters. The number of carbonyl (C=O) groups is 1. The summed E-state index contributed by atoms with van der Waals surface area (Å²) < 4.78 is 15.8. The average molecular weight is 404 g/mol. The Morgan fingerprint density at radius 3 is 2.33 bits per heavy atom. The Kier molecular flexibility index (Phi) is 8.74. The Hall–Kier alpha value is -2.10. The summed E-state index contributed by atoms with van der Waals surface area (Å²) in [6, 6.07) is 2.90. The highest BCUT2D eigenvalue weighted by molar-refractivity contribution is 5.85. The Morgan fingerprint density at radius 1 is 1.22 bits per heavy atom. The van der Waals surface area contributed by atoms with Gasteiger partial charge in [0.15, 0.2) is 11.5 Å². The van der Waals surface area contributed by atoms with Crippen molar-refractivity contribution in [1.29, 1.82) is 0 Å². The van der Waals surface area contributed by atoms with Crippen LogP contribution in [0.3, 0.4) is 0 Å². The van der Waals surface area contributed by atoms with Crippen LogP contribution in [0.25, 0.3) is 0 Å². The number of hydrogen-bond acceptors (Lipinski definition) is 7. The first-order chi connectivity index (χ1) is 12.5. The van der Waals surface area contributed by atoms with E-state index in [1.807, 2.05) is 0 Å². The summed E-state index contributed by atoms with van der Waals surface area (Å²) >= 11 is 0. The molecule has 0 aliphatic carbocycles. The maximum Gasteiger partial charge on any atom is 0.276 e. The Labute approximate surface area is 164 Å². The predicted octanol–water partition coefficient (Wildman–Crippen LogP) is 1.46. The smallest absolute Gasteiger partial charge is 0.276 e. The summed E-state index contributed by atoms with van der Waals surface area (Å²) in [6.45, 7) is 1.68. The van der Waals surface area contributed by atoms with Crippen LogP contribution >= 0.6 is 12.4 Å². The molecule has 1 fully saturated rings. The average Bonchev–Trinajstić information content (AvgIpc) is 2.67. The zero-order chi connectivity index (χ0) is 19.2. The van der Waals surface area contributed by atoms with Crippen LogP contribution < -0.4 is 20.1 Å². The van der Waals surface area contributed by atoms with Crippen molar-refractivity contribution in [1.82, 2.24) is 10.6 Å². The molecule has 9 nitrogen and oxygen atoms in total. The number of carbonyl (C=O) groups excluding carboxylic acids is 1. The van der Waals surface area contributed by atoms with E-state index >= 15 is 0 Å². The molecule has 0 spiro atoms. The molecule has 10 heteroatoms. The number of methoxy groups -OCH3 is 3. The van der Waals surface area contributed by atoms with Crippen molar-refractivity contribution in [3.63, 3.8) is 0 Å². The van der Waals surface area contributed by atoms with Crippen molar-refractivity contribution in [2.24, 2.45) is 0 Å². The molecule has 0 saturated carbocycles. The maximum atomic E-state index is 12.5. The van der Waals surface area contributed by atoms with Crippen LogP contribution in [0.5, 0.6) is 11.5 Å². The lowest BCUT2D eigenvalue weighted by Gasteiger charge is -2.34. The van der Waals surface area contributed by atoms with Gasteiger partial charge in [-0.15, -0.1) is 12.4 Å². The van der Waals surface area contributed by atoms with E-state index in [-0.39, 0.29) is 30.5 Å². The molecule has 0 radical (unpaired) electrons. The molecule has 0 aromatic heterocycles. The Morgan fingerprint density at radius 2 is 1.81 bits per heavy atom. The van der Waals surface area contributed by atoms with Crippen LogP contribution in [0.4, 0.5) is 5.69 Å². The van der Waals surface area contributed by atoms with Gasteiger partial charge in [0, 0.05) is 19.2 Å². The van der Waals surface area contributed by atoms with E-state index < -0.39 is 10.5 Å². The summed E-state index contributed by atoms with van der Waals surface area (Å²) in [5.74, 6) is 0.510. The van der Waals surface area contributed by atoms with Gasteiger partial charge in [0.2, 0.25) is 0 Å². The second kappa shape index (κ2) is 10.3. The van der Waals surface area contributed by atoms with Gasteiger partial charge < -0.3 is 24.8 Å². The highest BCUT2D eigenvalue weighted by Gasteiger charge is 2.39. The lowest BCUT2D eigenvalue weighted by Crippen LogP contribution is -2.54. The fraction of sp³-hybridized carbons (Fsp3) is 0.588. The normalized spacial score (nSPS) is 15.4. The molecular weight excluding hydrogens is 378 g/mol. The summed E-state index contributed by atoms with van der Waals surface area (Å²) in [5, 5.41) is 17.4. The molecule has 1 amide bonds. The highest BCUT2D eigenvalue weighted by Crippen LogP contribution is 2.34. The number of hydrogen-bond donors (Lipinski definition) is 2. The molecule has 0 unspecified atom stereocenters. The number of nitrogens with one attached hydrogen (secondary N) is 2. The molecule has 1 saturated heterocycles. The molecule has 0 bridgehead atoms. The van der Waals surface area contributed by atoms with Crippen molar-refractivity contribution in [3.8, 4) is 11.5 Å². The lowest BCUT2D eigenvalue weighted by atomic mass is 9.91. The van der Waals surface area contributed by atoms with Crippen molar-refractivity contribution in [3.05, 3.63) is 27.8 Å². The van der Waals surface area contributed by atoms with E-state index in [0.717, 1.165) is 0 Å². The lowest BCUT2D eigenvalue weighted by molar-refractivity contribution is -0.385. The number of amides is 1. The van der Waals surface area contributed by atoms with Gasteiger partial charge in [0.1, 0.15) is 5.60 Å². The van der Waals surface area contributed by atoms with Gasteiger partial charge in [-0.1, -0.05) is 0 Å². The minimum atomic E-state index is -0.839. The van der Waals surface area contributed by atoms with E-state index in [1.54, 1.807) is 6.07 Å². The van der Waals surface area contributed by atoms with Crippen LogP contribution in [0, 0.1) is 10.1 Å². The zero-order valence-electron chi connectivity index (χ0n) is 15.7. The highest BCUT2D eigenvalue weighted by atomic mass is 35.5. The Bertz CT molecular complexity index is 664. The summed E-state index contributed by atoms with van der Waals surface area (Å²) in [4.78, 5) is 23.4. The fourth-order valence-corrected chi connectivity index (χ4v) is 3.11. The number of nitro benzene ring substituents is 1. The molecule has 2 N–H and O–H groups in total. The molecule has 1 heterocycles. The zero-order valence-corrected chi connectivity index (χ0v) is 16.5. The number of piperidine rings is 1. The van der Waals surface area contributed by atoms with Crippen molar-refractivity contribution >= 4 is 24.0 Å². The number of halogens is 1. The second-order valence-corrected chi connectivity index (χ2v) is 6.05. The molecule has 1 aliphatic heterocycles. The van der Waals surface area contributed by atoms with E-state index in [2.05, 4.69) is 10.6 Å². The third-order valence-corrected chi connectivity index (χ3v) is 4.68. The third-order valence-electron chi connectivity index (χ3n) is 4.68. The van der Waals surface area contributed by atoms with Gasteiger partial charge in [0.05, 0.1) is 25.2 Å². The number of ether oxygens (including phenoxy) is 3. The second-order valence-electron chi connectivity index (χ2n) is 6.05. The van der Waals surface area contributed by atoms with Crippen molar-refractivity contribution < 1.29 is 23.9 Å². The van der Waals surface area contributed by atoms with E-state index in [1.165, 1.54) is 27.4 Å². The largest absolute Gasteiger partial charge is 0.493 e. The fourth-order valence-electron chi connectivity index (χ4n) is 3.11. The SMILES string of the molecule is COc1cc(CCNC(=O)C2(OC)CCNCC2)c([N+](=O)[O-])cc1OC.Cl. The topological polar surface area (TPSA) is 112 Å². The first kappa shape index (κ1) is 22.9. The van der Waals surface area contributed by atoms with Crippen LogP contribution in [0.15, 0.2) is 12.1 Å². The number of nitrogens with zero attached hydrogens (tertiary/aromatic N) is 1. The van der Waals surface area contributed by atoms with Crippen LogP contribution in [0.2, 0.25) is 0 Å². The van der Waals surface area contributed by atoms with E-state index in [9.17, 15) is 14.9 Å². The molecule has 2 rings (SSSR count). The molecule has 1 aliphatic rings. The maximum absolute atomic E-state index is 12.5.